The highest BCUT2D eigenvalue weighted by atomic mass is 35.5. The predicted molar refractivity (Wildman–Crippen MR) is 78.7 cm³/mol. The molecule has 0 amide bonds. The Balaban J connectivity index is 2.42. The Kier molecular flexibility index (Phi) is 4.29. The molecule has 2 rings (SSSR count). The molecule has 1 aromatic carbocycles. The van der Waals surface area contributed by atoms with Crippen molar-refractivity contribution in [2.24, 2.45) is 0 Å². The molecule has 21 heavy (non-hydrogen) atoms. The lowest BCUT2D eigenvalue weighted by Gasteiger charge is -2.13. The molecule has 1 heterocycles. The van der Waals surface area contributed by atoms with Crippen molar-refractivity contribution in [1.29, 1.82) is 0 Å². The van der Waals surface area contributed by atoms with E-state index in [0.29, 0.717) is 17.2 Å². The van der Waals surface area contributed by atoms with Crippen molar-refractivity contribution in [3.05, 3.63) is 29.0 Å². The van der Waals surface area contributed by atoms with Crippen molar-refractivity contribution >= 4 is 27.3 Å². The Hall–Kier alpha value is -1.93. The Labute approximate surface area is 127 Å². The second-order valence-corrected chi connectivity index (χ2v) is 6.21. The van der Waals surface area contributed by atoms with Gasteiger partial charge in [0.25, 0.3) is 10.0 Å². The maximum Gasteiger partial charge on any atom is 0.265 e. The number of ether oxygens (including phenoxy) is 2. The summed E-state index contributed by atoms with van der Waals surface area (Å²) in [4.78, 5) is 0.0494. The zero-order chi connectivity index (χ0) is 15.6. The third-order valence-corrected chi connectivity index (χ3v) is 4.58. The number of methoxy groups -OCH3 is 2. The highest BCUT2D eigenvalue weighted by Crippen LogP contribution is 2.37. The molecule has 0 fully saturated rings. The summed E-state index contributed by atoms with van der Waals surface area (Å²) < 4.78 is 37.2. The number of nitrogens with zero attached hydrogens (tertiary/aromatic N) is 1. The average molecular weight is 332 g/mol. The predicted octanol–water partition coefficient (Wildman–Crippen LogP) is 2.19. The van der Waals surface area contributed by atoms with E-state index in [1.165, 1.54) is 32.5 Å². The number of hydrogen-bond acceptors (Lipinski definition) is 5. The zero-order valence-electron chi connectivity index (χ0n) is 11.6. The molecule has 0 aliphatic heterocycles. The van der Waals surface area contributed by atoms with Crippen molar-refractivity contribution in [2.45, 2.75) is 11.8 Å². The van der Waals surface area contributed by atoms with E-state index in [0.717, 1.165) is 0 Å². The van der Waals surface area contributed by atoms with Crippen LogP contribution in [0.15, 0.2) is 23.2 Å². The van der Waals surface area contributed by atoms with E-state index in [4.69, 9.17) is 21.1 Å². The maximum atomic E-state index is 12.3. The largest absolute Gasteiger partial charge is 0.493 e. The van der Waals surface area contributed by atoms with Gasteiger partial charge in [0.15, 0.2) is 11.5 Å². The number of benzene rings is 1. The number of aromatic nitrogens is 2. The molecule has 2 aromatic rings. The molecule has 0 aliphatic rings. The Bertz CT molecular complexity index is 758. The van der Waals surface area contributed by atoms with Crippen LogP contribution < -0.4 is 14.2 Å². The first-order valence-electron chi connectivity index (χ1n) is 5.83. The maximum absolute atomic E-state index is 12.3. The lowest BCUT2D eigenvalue weighted by atomic mass is 10.3. The minimum Gasteiger partial charge on any atom is -0.493 e. The van der Waals surface area contributed by atoms with Gasteiger partial charge < -0.3 is 9.47 Å². The quantitative estimate of drug-likeness (QED) is 0.876. The molecule has 9 heteroatoms. The number of hydrogen-bond donors (Lipinski definition) is 2. The van der Waals surface area contributed by atoms with E-state index in [1.54, 1.807) is 6.92 Å². The van der Waals surface area contributed by atoms with Gasteiger partial charge in [-0.2, -0.15) is 5.10 Å². The monoisotopic (exact) mass is 331 g/mol. The molecule has 0 aliphatic carbocycles. The van der Waals surface area contributed by atoms with Crippen LogP contribution in [0.2, 0.25) is 5.02 Å². The van der Waals surface area contributed by atoms with Gasteiger partial charge in [0, 0.05) is 12.1 Å². The van der Waals surface area contributed by atoms with Gasteiger partial charge in [0.2, 0.25) is 0 Å². The number of anilines is 1. The van der Waals surface area contributed by atoms with Crippen molar-refractivity contribution in [3.8, 4) is 11.5 Å². The third kappa shape index (κ3) is 3.06. The second kappa shape index (κ2) is 5.82. The smallest absolute Gasteiger partial charge is 0.265 e. The molecule has 0 radical (unpaired) electrons. The number of sulfonamides is 1. The lowest BCUT2D eigenvalue weighted by molar-refractivity contribution is 0.355. The topological polar surface area (TPSA) is 93.3 Å². The first-order valence-corrected chi connectivity index (χ1v) is 7.69. The molecule has 0 unspecified atom stereocenters. The molecule has 7 nitrogen and oxygen atoms in total. The summed E-state index contributed by atoms with van der Waals surface area (Å²) in [5, 5.41) is 6.45. The van der Waals surface area contributed by atoms with Crippen LogP contribution in [0.1, 0.15) is 5.69 Å². The highest BCUT2D eigenvalue weighted by molar-refractivity contribution is 7.92. The number of aromatic amines is 1. The number of halogens is 1. The lowest BCUT2D eigenvalue weighted by Crippen LogP contribution is -2.14. The van der Waals surface area contributed by atoms with Gasteiger partial charge in [0.1, 0.15) is 4.90 Å². The Morgan fingerprint density at radius 1 is 1.24 bits per heavy atom. The molecular formula is C12H14ClN3O4S. The first kappa shape index (κ1) is 15.5. The molecule has 114 valence electrons. The zero-order valence-corrected chi connectivity index (χ0v) is 13.2. The molecular weight excluding hydrogens is 318 g/mol. The number of rotatable bonds is 5. The van der Waals surface area contributed by atoms with Gasteiger partial charge in [-0.1, -0.05) is 11.6 Å². The fraction of sp³-hybridized carbons (Fsp3) is 0.250. The van der Waals surface area contributed by atoms with Crippen molar-refractivity contribution < 1.29 is 17.9 Å². The molecule has 2 N–H and O–H groups in total. The van der Waals surface area contributed by atoms with Gasteiger partial charge in [0.05, 0.1) is 36.8 Å². The average Bonchev–Trinajstić information content (AvgIpc) is 2.87. The normalized spacial score (nSPS) is 11.2. The van der Waals surface area contributed by atoms with Gasteiger partial charge in [-0.25, -0.2) is 8.42 Å². The number of aryl methyl sites for hydroxylation is 1. The van der Waals surface area contributed by atoms with Crippen LogP contribution in [0.5, 0.6) is 11.5 Å². The van der Waals surface area contributed by atoms with E-state index in [-0.39, 0.29) is 15.6 Å². The van der Waals surface area contributed by atoms with Crippen molar-refractivity contribution in [1.82, 2.24) is 10.2 Å². The summed E-state index contributed by atoms with van der Waals surface area (Å²) in [6.07, 6.45) is 1.23. The third-order valence-electron chi connectivity index (χ3n) is 2.79. The van der Waals surface area contributed by atoms with Gasteiger partial charge in [-0.05, 0) is 6.92 Å². The van der Waals surface area contributed by atoms with Crippen LogP contribution in [0.4, 0.5) is 5.69 Å². The summed E-state index contributed by atoms with van der Waals surface area (Å²) in [5.74, 6) is 0.772. The van der Waals surface area contributed by atoms with E-state index in [9.17, 15) is 8.42 Å². The Morgan fingerprint density at radius 2 is 1.86 bits per heavy atom. The van der Waals surface area contributed by atoms with Crippen LogP contribution in [-0.4, -0.2) is 32.8 Å². The molecule has 0 bridgehead atoms. The Morgan fingerprint density at radius 3 is 2.38 bits per heavy atom. The van der Waals surface area contributed by atoms with Crippen LogP contribution in [0.3, 0.4) is 0 Å². The molecule has 0 atom stereocenters. The van der Waals surface area contributed by atoms with Crippen LogP contribution in [0.25, 0.3) is 0 Å². The van der Waals surface area contributed by atoms with Crippen molar-refractivity contribution in [3.63, 3.8) is 0 Å². The summed E-state index contributed by atoms with van der Waals surface area (Å²) in [6.45, 7) is 1.61. The van der Waals surface area contributed by atoms with E-state index in [2.05, 4.69) is 14.9 Å². The standard InChI is InChI=1S/C12H14ClN3O4S/c1-7-12(6-14-15-7)21(17,18)16-9-5-11(20-3)10(19-2)4-8(9)13/h4-6,16H,1-3H3,(H,14,15). The van der Waals surface area contributed by atoms with Crippen molar-refractivity contribution in [2.75, 3.05) is 18.9 Å². The van der Waals surface area contributed by atoms with Crippen LogP contribution >= 0.6 is 11.6 Å². The summed E-state index contributed by atoms with van der Waals surface area (Å²) in [7, 11) is -0.878. The van der Waals surface area contributed by atoms with Crippen LogP contribution in [-0.2, 0) is 10.0 Å². The summed E-state index contributed by atoms with van der Waals surface area (Å²) in [6, 6.07) is 2.93. The molecule has 0 saturated carbocycles. The van der Waals surface area contributed by atoms with E-state index >= 15 is 0 Å². The molecule has 0 spiro atoms. The minimum atomic E-state index is -3.79. The molecule has 1 aromatic heterocycles. The summed E-state index contributed by atoms with van der Waals surface area (Å²) in [5.41, 5.74) is 0.619. The molecule has 0 saturated heterocycles. The van der Waals surface area contributed by atoms with Crippen LogP contribution in [0, 0.1) is 6.92 Å². The number of nitrogens with one attached hydrogen (secondary N) is 2. The van der Waals surface area contributed by atoms with Gasteiger partial charge in [-0.15, -0.1) is 0 Å². The number of H-pyrrole nitrogens is 1. The first-order chi connectivity index (χ1) is 9.89. The minimum absolute atomic E-state index is 0.0494. The second-order valence-electron chi connectivity index (χ2n) is 4.15. The van der Waals surface area contributed by atoms with Gasteiger partial charge >= 0.3 is 0 Å². The SMILES string of the molecule is COc1cc(Cl)c(NS(=O)(=O)c2cn[nH]c2C)cc1OC. The van der Waals surface area contributed by atoms with E-state index in [1.807, 2.05) is 0 Å². The fourth-order valence-corrected chi connectivity index (χ4v) is 3.21. The fourth-order valence-electron chi connectivity index (χ4n) is 1.74. The van der Waals surface area contributed by atoms with E-state index < -0.39 is 10.0 Å². The highest BCUT2D eigenvalue weighted by Gasteiger charge is 2.21. The summed E-state index contributed by atoms with van der Waals surface area (Å²) >= 11 is 6.06. The van der Waals surface area contributed by atoms with Gasteiger partial charge in [-0.3, -0.25) is 9.82 Å².